The lowest BCUT2D eigenvalue weighted by atomic mass is 10.1. The first-order valence-corrected chi connectivity index (χ1v) is 9.28. The lowest BCUT2D eigenvalue weighted by Gasteiger charge is -2.33. The average molecular weight is 360 g/mol. The Kier molecular flexibility index (Phi) is 4.62. The zero-order valence-electron chi connectivity index (χ0n) is 12.5. The summed E-state index contributed by atoms with van der Waals surface area (Å²) in [6.07, 6.45) is 3.02. The molecule has 1 aromatic carbocycles. The van der Waals surface area contributed by atoms with Gasteiger partial charge in [0, 0.05) is 17.1 Å². The Morgan fingerprint density at radius 1 is 1.20 bits per heavy atom. The van der Waals surface area contributed by atoms with Gasteiger partial charge in [-0.3, -0.25) is 0 Å². The van der Waals surface area contributed by atoms with Gasteiger partial charge in [0.05, 0.1) is 4.90 Å². The molecule has 1 atom stereocenters. The quantitative estimate of drug-likeness (QED) is 0.801. The largest absolute Gasteiger partial charge is 0.243 e. The van der Waals surface area contributed by atoms with Crippen molar-refractivity contribution >= 4 is 26.0 Å². The van der Waals surface area contributed by atoms with Crippen molar-refractivity contribution in [3.8, 4) is 0 Å². The van der Waals surface area contributed by atoms with Crippen molar-refractivity contribution in [3.05, 3.63) is 27.2 Å². The first kappa shape index (κ1) is 16.0. The fourth-order valence-corrected chi connectivity index (χ4v) is 5.67. The minimum Gasteiger partial charge on any atom is -0.207 e. The summed E-state index contributed by atoms with van der Waals surface area (Å²) >= 11 is 3.51. The first-order valence-electron chi connectivity index (χ1n) is 7.05. The predicted octanol–water partition coefficient (Wildman–Crippen LogP) is 3.94. The molecule has 1 aliphatic heterocycles. The van der Waals surface area contributed by atoms with E-state index in [1.54, 1.807) is 4.31 Å². The molecule has 0 N–H and O–H groups in total. The van der Waals surface area contributed by atoms with Crippen LogP contribution in [0.1, 0.15) is 42.9 Å². The second-order valence-electron chi connectivity index (χ2n) is 5.74. The summed E-state index contributed by atoms with van der Waals surface area (Å²) in [4.78, 5) is 0.476. The SMILES string of the molecule is Cc1cc(C)c(S(=O)(=O)N2CCCCC2C)c(C)c1Br. The highest BCUT2D eigenvalue weighted by Gasteiger charge is 2.33. The molecule has 1 aromatic rings. The van der Waals surface area contributed by atoms with Crippen molar-refractivity contribution < 1.29 is 8.42 Å². The maximum atomic E-state index is 13.0. The van der Waals surface area contributed by atoms with Crippen LogP contribution >= 0.6 is 15.9 Å². The molecule has 0 aromatic heterocycles. The standard InChI is InChI=1S/C15H22BrNO2S/c1-10-9-11(2)15(13(4)14(10)16)20(18,19)17-8-6-5-7-12(17)3/h9,12H,5-8H2,1-4H3. The van der Waals surface area contributed by atoms with Crippen LogP contribution in [0.15, 0.2) is 15.4 Å². The molecular formula is C15H22BrNO2S. The molecule has 1 saturated heterocycles. The van der Waals surface area contributed by atoms with Gasteiger partial charge in [0.1, 0.15) is 0 Å². The number of hydrogen-bond donors (Lipinski definition) is 0. The molecule has 5 heteroatoms. The van der Waals surface area contributed by atoms with E-state index in [-0.39, 0.29) is 6.04 Å². The van der Waals surface area contributed by atoms with E-state index in [0.29, 0.717) is 11.4 Å². The van der Waals surface area contributed by atoms with Gasteiger partial charge in [-0.25, -0.2) is 8.42 Å². The monoisotopic (exact) mass is 359 g/mol. The average Bonchev–Trinajstić information content (AvgIpc) is 2.36. The second kappa shape index (κ2) is 5.78. The lowest BCUT2D eigenvalue weighted by Crippen LogP contribution is -2.42. The van der Waals surface area contributed by atoms with Crippen LogP contribution in [-0.4, -0.2) is 25.3 Å². The van der Waals surface area contributed by atoms with Crippen molar-refractivity contribution in [2.45, 2.75) is 57.9 Å². The Morgan fingerprint density at radius 2 is 1.85 bits per heavy atom. The minimum atomic E-state index is -3.41. The summed E-state index contributed by atoms with van der Waals surface area (Å²) in [5.41, 5.74) is 2.73. The Morgan fingerprint density at radius 3 is 2.45 bits per heavy atom. The number of benzene rings is 1. The molecule has 2 rings (SSSR count). The zero-order valence-corrected chi connectivity index (χ0v) is 14.9. The Balaban J connectivity index is 2.58. The summed E-state index contributed by atoms with van der Waals surface area (Å²) in [6, 6.07) is 2.03. The molecular weight excluding hydrogens is 338 g/mol. The van der Waals surface area contributed by atoms with E-state index in [2.05, 4.69) is 15.9 Å². The summed E-state index contributed by atoms with van der Waals surface area (Å²) in [5, 5.41) is 0. The fraction of sp³-hybridized carbons (Fsp3) is 0.600. The Hall–Kier alpha value is -0.390. The van der Waals surface area contributed by atoms with Crippen LogP contribution in [0.4, 0.5) is 0 Å². The number of rotatable bonds is 2. The van der Waals surface area contributed by atoms with Gasteiger partial charge in [0.2, 0.25) is 10.0 Å². The third-order valence-electron chi connectivity index (χ3n) is 4.12. The maximum Gasteiger partial charge on any atom is 0.243 e. The summed E-state index contributed by atoms with van der Waals surface area (Å²) in [6.45, 7) is 8.39. The third kappa shape index (κ3) is 2.68. The second-order valence-corrected chi connectivity index (χ2v) is 8.36. The molecule has 1 unspecified atom stereocenters. The molecule has 0 spiro atoms. The van der Waals surface area contributed by atoms with Gasteiger partial charge in [-0.05, 0) is 57.2 Å². The van der Waals surface area contributed by atoms with Crippen LogP contribution in [-0.2, 0) is 10.0 Å². The third-order valence-corrected chi connectivity index (χ3v) is 7.64. The van der Waals surface area contributed by atoms with Crippen LogP contribution in [0.2, 0.25) is 0 Å². The normalized spacial score (nSPS) is 21.1. The van der Waals surface area contributed by atoms with Crippen molar-refractivity contribution in [1.82, 2.24) is 4.31 Å². The zero-order chi connectivity index (χ0) is 15.1. The van der Waals surface area contributed by atoms with E-state index in [1.807, 2.05) is 33.8 Å². The van der Waals surface area contributed by atoms with Crippen LogP contribution in [0.25, 0.3) is 0 Å². The smallest absolute Gasteiger partial charge is 0.207 e. The number of hydrogen-bond acceptors (Lipinski definition) is 2. The van der Waals surface area contributed by atoms with Crippen molar-refractivity contribution in [2.24, 2.45) is 0 Å². The van der Waals surface area contributed by atoms with Gasteiger partial charge >= 0.3 is 0 Å². The van der Waals surface area contributed by atoms with E-state index in [9.17, 15) is 8.42 Å². The molecule has 112 valence electrons. The molecule has 0 amide bonds. The van der Waals surface area contributed by atoms with Crippen LogP contribution < -0.4 is 0 Å². The summed E-state index contributed by atoms with van der Waals surface area (Å²) in [7, 11) is -3.41. The molecule has 1 aliphatic rings. The van der Waals surface area contributed by atoms with Gasteiger partial charge in [-0.15, -0.1) is 0 Å². The van der Waals surface area contributed by atoms with Crippen LogP contribution in [0.3, 0.4) is 0 Å². The van der Waals surface area contributed by atoms with Crippen molar-refractivity contribution in [1.29, 1.82) is 0 Å². The Labute approximate surface area is 130 Å². The van der Waals surface area contributed by atoms with Gasteiger partial charge in [0.25, 0.3) is 0 Å². The fourth-order valence-electron chi connectivity index (χ4n) is 3.09. The predicted molar refractivity (Wildman–Crippen MR) is 85.6 cm³/mol. The molecule has 3 nitrogen and oxygen atoms in total. The number of nitrogens with zero attached hydrogens (tertiary/aromatic N) is 1. The number of sulfonamides is 1. The van der Waals surface area contributed by atoms with E-state index in [1.165, 1.54) is 0 Å². The van der Waals surface area contributed by atoms with Gasteiger partial charge in [-0.2, -0.15) is 4.31 Å². The highest BCUT2D eigenvalue weighted by Crippen LogP contribution is 2.34. The van der Waals surface area contributed by atoms with E-state index in [4.69, 9.17) is 0 Å². The van der Waals surface area contributed by atoms with Gasteiger partial charge in [0.15, 0.2) is 0 Å². The summed E-state index contributed by atoms with van der Waals surface area (Å²) < 4.78 is 28.6. The van der Waals surface area contributed by atoms with E-state index in [0.717, 1.165) is 40.4 Å². The molecule has 1 fully saturated rings. The van der Waals surface area contributed by atoms with Crippen molar-refractivity contribution in [2.75, 3.05) is 6.54 Å². The molecule has 0 bridgehead atoms. The maximum absolute atomic E-state index is 13.0. The van der Waals surface area contributed by atoms with Crippen LogP contribution in [0.5, 0.6) is 0 Å². The highest BCUT2D eigenvalue weighted by molar-refractivity contribution is 9.10. The lowest BCUT2D eigenvalue weighted by molar-refractivity contribution is 0.268. The Bertz CT molecular complexity index is 625. The van der Waals surface area contributed by atoms with E-state index >= 15 is 0 Å². The first-order chi connectivity index (χ1) is 9.26. The van der Waals surface area contributed by atoms with Gasteiger partial charge in [-0.1, -0.05) is 28.4 Å². The molecule has 1 heterocycles. The van der Waals surface area contributed by atoms with Gasteiger partial charge < -0.3 is 0 Å². The molecule has 20 heavy (non-hydrogen) atoms. The van der Waals surface area contributed by atoms with Crippen molar-refractivity contribution in [3.63, 3.8) is 0 Å². The number of halogens is 1. The molecule has 0 radical (unpaired) electrons. The number of aryl methyl sites for hydroxylation is 2. The highest BCUT2D eigenvalue weighted by atomic mass is 79.9. The van der Waals surface area contributed by atoms with Crippen LogP contribution in [0, 0.1) is 20.8 Å². The minimum absolute atomic E-state index is 0.0904. The van der Waals surface area contributed by atoms with E-state index < -0.39 is 10.0 Å². The molecule has 0 aliphatic carbocycles. The topological polar surface area (TPSA) is 37.4 Å². The molecule has 0 saturated carbocycles. The summed E-state index contributed by atoms with van der Waals surface area (Å²) in [5.74, 6) is 0. The number of piperidine rings is 1.